The van der Waals surface area contributed by atoms with E-state index >= 15 is 0 Å². The first-order chi connectivity index (χ1) is 12.9. The van der Waals surface area contributed by atoms with Gasteiger partial charge in [0.2, 0.25) is 0 Å². The van der Waals surface area contributed by atoms with Gasteiger partial charge in [-0.25, -0.2) is 10.1 Å². The third-order valence-corrected chi connectivity index (χ3v) is 5.16. The Kier molecular flexibility index (Phi) is 5.76. The average Bonchev–Trinajstić information content (AvgIpc) is 3.02. The highest BCUT2D eigenvalue weighted by molar-refractivity contribution is 9.11. The van der Waals surface area contributed by atoms with Crippen molar-refractivity contribution in [1.82, 2.24) is 15.2 Å². The highest BCUT2D eigenvalue weighted by Gasteiger charge is 2.14. The molecule has 3 rings (SSSR count). The molecular formula is C19H16Br2N4O2. The number of benzene rings is 2. The first-order valence-electron chi connectivity index (χ1n) is 8.00. The zero-order valence-electron chi connectivity index (χ0n) is 14.6. The molecule has 0 atom stereocenters. The minimum absolute atomic E-state index is 0.107. The molecule has 0 unspecified atom stereocenters. The normalized spacial score (nSPS) is 11.1. The summed E-state index contributed by atoms with van der Waals surface area (Å²) in [6.45, 7) is 3.85. The molecule has 27 heavy (non-hydrogen) atoms. The van der Waals surface area contributed by atoms with E-state index in [2.05, 4.69) is 47.5 Å². The van der Waals surface area contributed by atoms with Crippen LogP contribution in [0, 0.1) is 13.8 Å². The largest absolute Gasteiger partial charge is 0.506 e. The minimum Gasteiger partial charge on any atom is -0.506 e. The molecule has 1 heterocycles. The third-order valence-electron chi connectivity index (χ3n) is 3.95. The molecule has 0 saturated heterocycles. The van der Waals surface area contributed by atoms with Gasteiger partial charge in [-0.2, -0.15) is 10.2 Å². The maximum atomic E-state index is 12.4. The predicted octanol–water partition coefficient (Wildman–Crippen LogP) is 4.48. The first kappa shape index (κ1) is 19.3. The number of amides is 1. The van der Waals surface area contributed by atoms with E-state index in [9.17, 15) is 9.90 Å². The third kappa shape index (κ3) is 4.28. The van der Waals surface area contributed by atoms with E-state index in [0.29, 0.717) is 20.1 Å². The van der Waals surface area contributed by atoms with Crippen molar-refractivity contribution in [2.45, 2.75) is 13.8 Å². The molecule has 6 nitrogen and oxygen atoms in total. The van der Waals surface area contributed by atoms with E-state index in [1.807, 2.05) is 38.1 Å². The molecule has 0 radical (unpaired) electrons. The standard InChI is InChI=1S/C19H16Br2N4O2/c1-11-3-5-14(6-4-11)25-12(2)15(10-23-25)19(27)24-22-9-13-7-16(20)18(26)17(21)8-13/h3-10,26H,1-2H3,(H,24,27)/b22-9+. The van der Waals surface area contributed by atoms with Gasteiger partial charge in [-0.05, 0) is 75.5 Å². The Morgan fingerprint density at radius 1 is 1.19 bits per heavy atom. The molecule has 0 spiro atoms. The number of hydrogen-bond donors (Lipinski definition) is 2. The van der Waals surface area contributed by atoms with Crippen LogP contribution in [-0.2, 0) is 0 Å². The van der Waals surface area contributed by atoms with Crippen LogP contribution < -0.4 is 5.43 Å². The lowest BCUT2D eigenvalue weighted by molar-refractivity contribution is 0.0954. The van der Waals surface area contributed by atoms with Crippen LogP contribution in [0.4, 0.5) is 0 Å². The Hall–Kier alpha value is -2.45. The number of carbonyl (C=O) groups excluding carboxylic acids is 1. The van der Waals surface area contributed by atoms with Gasteiger partial charge in [-0.3, -0.25) is 4.79 Å². The molecule has 3 aromatic rings. The Balaban J connectivity index is 1.74. The highest BCUT2D eigenvalue weighted by Crippen LogP contribution is 2.32. The topological polar surface area (TPSA) is 79.5 Å². The number of nitrogens with one attached hydrogen (secondary N) is 1. The summed E-state index contributed by atoms with van der Waals surface area (Å²) >= 11 is 6.51. The van der Waals surface area contributed by atoms with Crippen molar-refractivity contribution in [3.63, 3.8) is 0 Å². The van der Waals surface area contributed by atoms with Crippen molar-refractivity contribution >= 4 is 44.0 Å². The molecule has 138 valence electrons. The van der Waals surface area contributed by atoms with E-state index in [-0.39, 0.29) is 11.7 Å². The molecule has 2 aromatic carbocycles. The predicted molar refractivity (Wildman–Crippen MR) is 112 cm³/mol. The quantitative estimate of drug-likeness (QED) is 0.417. The summed E-state index contributed by atoms with van der Waals surface area (Å²) in [5.74, 6) is -0.241. The fraction of sp³-hybridized carbons (Fsp3) is 0.105. The van der Waals surface area contributed by atoms with Gasteiger partial charge in [0, 0.05) is 0 Å². The lowest BCUT2D eigenvalue weighted by atomic mass is 10.2. The van der Waals surface area contributed by atoms with Gasteiger partial charge in [0.05, 0.1) is 38.3 Å². The van der Waals surface area contributed by atoms with Crippen LogP contribution in [0.2, 0.25) is 0 Å². The van der Waals surface area contributed by atoms with Crippen LogP contribution >= 0.6 is 31.9 Å². The first-order valence-corrected chi connectivity index (χ1v) is 9.58. The zero-order valence-corrected chi connectivity index (χ0v) is 17.7. The summed E-state index contributed by atoms with van der Waals surface area (Å²) in [5, 5.41) is 18.0. The highest BCUT2D eigenvalue weighted by atomic mass is 79.9. The van der Waals surface area contributed by atoms with Crippen molar-refractivity contribution < 1.29 is 9.90 Å². The van der Waals surface area contributed by atoms with Gasteiger partial charge >= 0.3 is 0 Å². The van der Waals surface area contributed by atoms with E-state index in [1.165, 1.54) is 12.4 Å². The van der Waals surface area contributed by atoms with Crippen molar-refractivity contribution in [1.29, 1.82) is 0 Å². The molecule has 1 amide bonds. The molecule has 0 aliphatic carbocycles. The van der Waals surface area contributed by atoms with E-state index in [1.54, 1.807) is 16.8 Å². The number of phenols is 1. The smallest absolute Gasteiger partial charge is 0.274 e. The van der Waals surface area contributed by atoms with Crippen LogP contribution in [0.5, 0.6) is 5.75 Å². The van der Waals surface area contributed by atoms with Crippen LogP contribution in [-0.4, -0.2) is 27.0 Å². The molecule has 0 aliphatic heterocycles. The lowest BCUT2D eigenvalue weighted by Gasteiger charge is -2.05. The zero-order chi connectivity index (χ0) is 19.6. The number of phenolic OH excluding ortho intramolecular Hbond substituents is 1. The Bertz CT molecular complexity index is 1000. The second kappa shape index (κ2) is 8.06. The molecule has 0 bridgehead atoms. The van der Waals surface area contributed by atoms with Crippen LogP contribution in [0.3, 0.4) is 0 Å². The summed E-state index contributed by atoms with van der Waals surface area (Å²) < 4.78 is 2.77. The van der Waals surface area contributed by atoms with E-state index in [4.69, 9.17) is 0 Å². The molecule has 0 aliphatic rings. The van der Waals surface area contributed by atoms with E-state index < -0.39 is 0 Å². The Morgan fingerprint density at radius 2 is 1.81 bits per heavy atom. The molecular weight excluding hydrogens is 476 g/mol. The number of aryl methyl sites for hydroxylation is 1. The summed E-state index contributed by atoms with van der Waals surface area (Å²) in [6.07, 6.45) is 3.01. The maximum Gasteiger partial charge on any atom is 0.274 e. The lowest BCUT2D eigenvalue weighted by Crippen LogP contribution is -2.18. The molecule has 0 saturated carbocycles. The van der Waals surface area contributed by atoms with Gasteiger partial charge in [0.15, 0.2) is 0 Å². The number of nitrogens with zero attached hydrogens (tertiary/aromatic N) is 3. The fourth-order valence-corrected chi connectivity index (χ4v) is 3.69. The Labute approximate surface area is 173 Å². The fourth-order valence-electron chi connectivity index (χ4n) is 2.46. The van der Waals surface area contributed by atoms with Crippen LogP contribution in [0.25, 0.3) is 5.69 Å². The average molecular weight is 492 g/mol. The van der Waals surface area contributed by atoms with Gasteiger partial charge in [0.1, 0.15) is 5.75 Å². The SMILES string of the molecule is Cc1ccc(-n2ncc(C(=O)N/N=C/c3cc(Br)c(O)c(Br)c3)c2C)cc1. The van der Waals surface area contributed by atoms with Crippen LogP contribution in [0.1, 0.15) is 27.2 Å². The number of rotatable bonds is 4. The summed E-state index contributed by atoms with van der Waals surface area (Å²) in [5.41, 5.74) is 6.42. The van der Waals surface area contributed by atoms with Crippen molar-refractivity contribution in [3.05, 3.63) is 73.9 Å². The summed E-state index contributed by atoms with van der Waals surface area (Å²) in [6, 6.07) is 11.3. The number of carbonyl (C=O) groups is 1. The monoisotopic (exact) mass is 490 g/mol. The number of hydrazone groups is 1. The molecule has 1 aromatic heterocycles. The van der Waals surface area contributed by atoms with Gasteiger partial charge < -0.3 is 5.11 Å². The molecule has 0 fully saturated rings. The van der Waals surface area contributed by atoms with Gasteiger partial charge in [-0.15, -0.1) is 0 Å². The number of aromatic nitrogens is 2. The molecule has 2 N–H and O–H groups in total. The van der Waals surface area contributed by atoms with Crippen molar-refractivity contribution in [3.8, 4) is 11.4 Å². The Morgan fingerprint density at radius 3 is 2.44 bits per heavy atom. The van der Waals surface area contributed by atoms with E-state index in [0.717, 1.165) is 16.9 Å². The second-order valence-corrected chi connectivity index (χ2v) is 7.63. The van der Waals surface area contributed by atoms with Crippen molar-refractivity contribution in [2.75, 3.05) is 0 Å². The number of aromatic hydroxyl groups is 1. The summed E-state index contributed by atoms with van der Waals surface area (Å²) in [7, 11) is 0. The molecule has 8 heteroatoms. The summed E-state index contributed by atoms with van der Waals surface area (Å²) in [4.78, 5) is 12.4. The van der Waals surface area contributed by atoms with Gasteiger partial charge in [-0.1, -0.05) is 17.7 Å². The van der Waals surface area contributed by atoms with Gasteiger partial charge in [0.25, 0.3) is 5.91 Å². The minimum atomic E-state index is -0.348. The maximum absolute atomic E-state index is 12.4. The number of halogens is 2. The number of hydrogen-bond acceptors (Lipinski definition) is 4. The van der Waals surface area contributed by atoms with Crippen LogP contribution in [0.15, 0.2) is 56.6 Å². The van der Waals surface area contributed by atoms with Crippen molar-refractivity contribution in [2.24, 2.45) is 5.10 Å². The second-order valence-electron chi connectivity index (χ2n) is 5.92.